The predicted molar refractivity (Wildman–Crippen MR) is 155 cm³/mol. The third-order valence-electron chi connectivity index (χ3n) is 7.64. The van der Waals surface area contributed by atoms with Crippen molar-refractivity contribution < 1.29 is 14.6 Å². The maximum atomic E-state index is 12.5. The number of nitrogens with zero attached hydrogens (tertiary/aromatic N) is 5. The Morgan fingerprint density at radius 2 is 1.85 bits per heavy atom. The lowest BCUT2D eigenvalue weighted by atomic mass is 10.0. The van der Waals surface area contributed by atoms with Crippen LogP contribution >= 0.6 is 11.8 Å². The van der Waals surface area contributed by atoms with Gasteiger partial charge in [-0.3, -0.25) is 23.7 Å². The van der Waals surface area contributed by atoms with E-state index in [0.29, 0.717) is 35.3 Å². The van der Waals surface area contributed by atoms with Gasteiger partial charge in [-0.05, 0) is 50.2 Å². The highest BCUT2D eigenvalue weighted by atomic mass is 32.2. The van der Waals surface area contributed by atoms with Crippen molar-refractivity contribution in [3.63, 3.8) is 0 Å². The minimum atomic E-state index is -0.879. The number of pyridine rings is 2. The Hall–Kier alpha value is -4.00. The molecule has 2 N–H and O–H groups in total. The zero-order valence-electron chi connectivity index (χ0n) is 22.3. The van der Waals surface area contributed by atoms with E-state index in [0.717, 1.165) is 50.5 Å². The van der Waals surface area contributed by atoms with Gasteiger partial charge >= 0.3 is 5.97 Å². The molecule has 0 amide bonds. The highest BCUT2D eigenvalue weighted by molar-refractivity contribution is 7.99. The van der Waals surface area contributed by atoms with Gasteiger partial charge in [0, 0.05) is 31.7 Å². The summed E-state index contributed by atoms with van der Waals surface area (Å²) in [4.78, 5) is 47.4. The molecule has 3 aliphatic heterocycles. The maximum Gasteiger partial charge on any atom is 0.335 e. The summed E-state index contributed by atoms with van der Waals surface area (Å²) in [5, 5.41) is 12.0. The number of carboxylic acid groups (broad SMARTS) is 1. The Morgan fingerprint density at radius 1 is 1.05 bits per heavy atom. The lowest BCUT2D eigenvalue weighted by Crippen LogP contribution is -2.44. The van der Waals surface area contributed by atoms with Crippen LogP contribution in [0.15, 0.2) is 75.4 Å². The molecule has 1 atom stereocenters. The number of nitrogens with one attached hydrogen (secondary N) is 1. The topological polar surface area (TPSA) is 132 Å². The normalized spacial score (nSPS) is 18.0. The number of piperidine rings is 1. The minimum absolute atomic E-state index is 0.0389. The first-order chi connectivity index (χ1) is 20.0. The average Bonchev–Trinajstić information content (AvgIpc) is 3.62. The molecule has 0 spiro atoms. The first-order valence-corrected chi connectivity index (χ1v) is 14.5. The highest BCUT2D eigenvalue weighted by Crippen LogP contribution is 2.35. The van der Waals surface area contributed by atoms with Crippen LogP contribution in [0, 0.1) is 0 Å². The van der Waals surface area contributed by atoms with Gasteiger partial charge < -0.3 is 20.1 Å². The van der Waals surface area contributed by atoms with E-state index >= 15 is 0 Å². The lowest BCUT2D eigenvalue weighted by molar-refractivity contribution is 0.0697. The summed E-state index contributed by atoms with van der Waals surface area (Å²) < 4.78 is 8.95. The minimum Gasteiger partial charge on any atom is -0.480 e. The quantitative estimate of drug-likeness (QED) is 0.354. The van der Waals surface area contributed by atoms with E-state index in [1.165, 1.54) is 17.2 Å². The molecule has 0 aliphatic carbocycles. The fourth-order valence-electron chi connectivity index (χ4n) is 5.55. The zero-order chi connectivity index (χ0) is 28.3. The molecule has 4 aromatic rings. The Bertz CT molecular complexity index is 1680. The van der Waals surface area contributed by atoms with Crippen molar-refractivity contribution in [2.75, 3.05) is 25.6 Å². The molecule has 11 nitrogen and oxygen atoms in total. The summed E-state index contributed by atoms with van der Waals surface area (Å²) in [5.41, 5.74) is 2.50. The molecule has 7 rings (SSSR count). The number of aromatic nitrogens is 4. The number of ether oxygens (including phenoxy) is 1. The van der Waals surface area contributed by atoms with E-state index in [4.69, 9.17) is 9.84 Å². The molecule has 12 heteroatoms. The fraction of sp³-hybridized carbons (Fsp3) is 0.345. The molecule has 1 aromatic carbocycles. The van der Waals surface area contributed by atoms with Crippen molar-refractivity contribution in [2.45, 2.75) is 42.9 Å². The smallest absolute Gasteiger partial charge is 0.335 e. The lowest BCUT2D eigenvalue weighted by Gasteiger charge is -2.34. The van der Waals surface area contributed by atoms with Crippen LogP contribution in [0.4, 0.5) is 0 Å². The van der Waals surface area contributed by atoms with E-state index in [2.05, 4.69) is 26.3 Å². The molecule has 6 heterocycles. The summed E-state index contributed by atoms with van der Waals surface area (Å²) in [7, 11) is 0. The molecule has 41 heavy (non-hydrogen) atoms. The first kappa shape index (κ1) is 27.2. The Morgan fingerprint density at radius 3 is 2.61 bits per heavy atom. The molecule has 1 fully saturated rings. The van der Waals surface area contributed by atoms with Gasteiger partial charge in [0.25, 0.3) is 11.1 Å². The molecular weight excluding hydrogens is 544 g/mol. The highest BCUT2D eigenvalue weighted by Gasteiger charge is 2.29. The number of hydrogen-bond acceptors (Lipinski definition) is 9. The van der Waals surface area contributed by atoms with Gasteiger partial charge in [0.2, 0.25) is 0 Å². The molecule has 3 aromatic heterocycles. The Kier molecular flexibility index (Phi) is 7.86. The van der Waals surface area contributed by atoms with Crippen molar-refractivity contribution in [2.24, 2.45) is 0 Å². The summed E-state index contributed by atoms with van der Waals surface area (Å²) in [5.74, 6) is 0.675. The van der Waals surface area contributed by atoms with Gasteiger partial charge in [-0.1, -0.05) is 30.0 Å². The van der Waals surface area contributed by atoms with Crippen molar-refractivity contribution >= 4 is 28.9 Å². The third-order valence-corrected chi connectivity index (χ3v) is 8.50. The van der Waals surface area contributed by atoms with Crippen LogP contribution in [0.1, 0.15) is 34.9 Å². The van der Waals surface area contributed by atoms with Crippen LogP contribution in [-0.2, 0) is 13.1 Å². The maximum absolute atomic E-state index is 12.5. The van der Waals surface area contributed by atoms with Crippen LogP contribution in [0.5, 0.6) is 5.75 Å². The number of benzene rings is 1. The van der Waals surface area contributed by atoms with Crippen LogP contribution in [0.3, 0.4) is 0 Å². The zero-order valence-corrected chi connectivity index (χ0v) is 23.1. The SMILES string of the molecule is O=C(O)c1ccccc1.O=c1ccc2ncc(=O)n3c2n1C[C@H]3CN1CCC(NCc2cc3c(cn2)OCS3)CC1. The number of aromatic carboxylic acids is 1. The van der Waals surface area contributed by atoms with E-state index in [9.17, 15) is 14.4 Å². The fourth-order valence-corrected chi connectivity index (χ4v) is 6.34. The number of carboxylic acids is 1. The van der Waals surface area contributed by atoms with E-state index in [-0.39, 0.29) is 17.2 Å². The molecule has 0 bridgehead atoms. The number of hydrogen-bond donors (Lipinski definition) is 2. The Labute approximate surface area is 239 Å². The van der Waals surface area contributed by atoms with Crippen molar-refractivity contribution in [1.29, 1.82) is 0 Å². The molecule has 3 aliphatic rings. The van der Waals surface area contributed by atoms with Gasteiger partial charge in [0.1, 0.15) is 17.1 Å². The predicted octanol–water partition coefficient (Wildman–Crippen LogP) is 2.59. The van der Waals surface area contributed by atoms with Gasteiger partial charge in [0.15, 0.2) is 5.75 Å². The van der Waals surface area contributed by atoms with E-state index in [1.54, 1.807) is 57.3 Å². The Balaban J connectivity index is 0.000000289. The van der Waals surface area contributed by atoms with Crippen LogP contribution in [-0.4, -0.2) is 66.7 Å². The molecule has 0 unspecified atom stereocenters. The summed E-state index contributed by atoms with van der Waals surface area (Å²) in [6.07, 6.45) is 5.27. The first-order valence-electron chi connectivity index (χ1n) is 13.6. The number of likely N-dealkylation sites (tertiary alicyclic amines) is 1. The van der Waals surface area contributed by atoms with Crippen molar-refractivity contribution in [3.05, 3.63) is 92.9 Å². The summed E-state index contributed by atoms with van der Waals surface area (Å²) >= 11 is 1.71. The second-order valence-corrected chi connectivity index (χ2v) is 11.2. The van der Waals surface area contributed by atoms with Crippen LogP contribution in [0.2, 0.25) is 0 Å². The largest absolute Gasteiger partial charge is 0.480 e. The third kappa shape index (κ3) is 5.90. The van der Waals surface area contributed by atoms with Crippen LogP contribution < -0.4 is 21.2 Å². The number of fused-ring (bicyclic) bond motifs is 1. The molecular formula is C29H30N6O5S. The second-order valence-electron chi connectivity index (χ2n) is 10.3. The van der Waals surface area contributed by atoms with Crippen molar-refractivity contribution in [1.82, 2.24) is 29.3 Å². The molecule has 0 radical (unpaired) electrons. The summed E-state index contributed by atoms with van der Waals surface area (Å²) in [6.45, 7) is 3.97. The standard InChI is InChI=1S/C22H24N6O3S.C7H6O2/c29-20-2-1-17-22-27(20)12-16(28(22)21(30)10-25-17)11-26-5-3-14(4-6-26)23-8-15-7-19-18(9-24-15)31-13-32-19;8-7(9)6-4-2-1-3-5-6/h1-2,7,9-10,14,16,23H,3-6,8,11-13H2;1-5H,(H,8,9)/t16-;/m1./s1. The second kappa shape index (κ2) is 11.9. The van der Waals surface area contributed by atoms with E-state index in [1.807, 2.05) is 6.20 Å². The molecule has 1 saturated heterocycles. The number of thioether (sulfide) groups is 1. The number of carbonyl (C=O) groups is 1. The van der Waals surface area contributed by atoms with Gasteiger partial charge in [-0.25, -0.2) is 9.78 Å². The average molecular weight is 575 g/mol. The molecule has 0 saturated carbocycles. The van der Waals surface area contributed by atoms with E-state index < -0.39 is 5.97 Å². The van der Waals surface area contributed by atoms with Gasteiger partial charge in [-0.2, -0.15) is 0 Å². The summed E-state index contributed by atoms with van der Waals surface area (Å²) in [6, 6.07) is 14.1. The number of rotatable bonds is 6. The van der Waals surface area contributed by atoms with Gasteiger partial charge in [-0.15, -0.1) is 0 Å². The monoisotopic (exact) mass is 574 g/mol. The van der Waals surface area contributed by atoms with Crippen molar-refractivity contribution in [3.8, 4) is 5.75 Å². The van der Waals surface area contributed by atoms with Crippen LogP contribution in [0.25, 0.3) is 11.2 Å². The molecule has 212 valence electrons. The van der Waals surface area contributed by atoms with Gasteiger partial charge in [0.05, 0.1) is 34.6 Å².